The number of hydrogen-bond acceptors (Lipinski definition) is 3. The lowest BCUT2D eigenvalue weighted by atomic mass is 10.5. The molecule has 0 atom stereocenters. The van der Waals surface area contributed by atoms with Crippen LogP contribution in [0.4, 0.5) is 0 Å². The Balaban J connectivity index is 0. The number of rotatable bonds is 8. The van der Waals surface area contributed by atoms with Gasteiger partial charge in [-0.2, -0.15) is 11.8 Å². The van der Waals surface area contributed by atoms with Crippen LogP contribution in [0.5, 0.6) is 0 Å². The summed E-state index contributed by atoms with van der Waals surface area (Å²) in [6.45, 7) is 6.73. The Labute approximate surface area is 97.2 Å². The molecule has 14 heavy (non-hydrogen) atoms. The lowest BCUT2D eigenvalue weighted by Crippen LogP contribution is -2.32. The van der Waals surface area contributed by atoms with E-state index in [2.05, 4.69) is 24.5 Å². The molecular weight excluding hydrogens is 220 g/mol. The maximum Gasteiger partial charge on any atom is 0.230 e. The molecule has 0 aromatic carbocycles. The van der Waals surface area contributed by atoms with Crippen LogP contribution in [-0.2, 0) is 4.79 Å². The summed E-state index contributed by atoms with van der Waals surface area (Å²) in [6, 6.07) is 0. The molecule has 0 saturated carbocycles. The average molecular weight is 241 g/mol. The van der Waals surface area contributed by atoms with Crippen LogP contribution in [0.3, 0.4) is 0 Å². The van der Waals surface area contributed by atoms with Gasteiger partial charge in [-0.3, -0.25) is 4.79 Å². The van der Waals surface area contributed by atoms with Crippen molar-refractivity contribution in [3.8, 4) is 0 Å². The van der Waals surface area contributed by atoms with Crippen molar-refractivity contribution in [2.45, 2.75) is 20.3 Å². The lowest BCUT2D eigenvalue weighted by Gasteiger charge is -2.04. The Kier molecular flexibility index (Phi) is 15.4. The number of amides is 1. The third kappa shape index (κ3) is 12.1. The minimum absolute atomic E-state index is 0. The molecule has 0 radical (unpaired) electrons. The molecule has 0 aliphatic rings. The van der Waals surface area contributed by atoms with Gasteiger partial charge in [-0.1, -0.05) is 13.8 Å². The van der Waals surface area contributed by atoms with Crippen LogP contribution < -0.4 is 10.6 Å². The number of nitrogens with one attached hydrogen (secondary N) is 2. The van der Waals surface area contributed by atoms with Gasteiger partial charge in [-0.05, 0) is 18.7 Å². The van der Waals surface area contributed by atoms with E-state index in [1.165, 1.54) is 0 Å². The maximum absolute atomic E-state index is 11.1. The van der Waals surface area contributed by atoms with Crippen molar-refractivity contribution in [1.29, 1.82) is 0 Å². The summed E-state index contributed by atoms with van der Waals surface area (Å²) in [5.74, 6) is 1.82. The van der Waals surface area contributed by atoms with E-state index < -0.39 is 0 Å². The van der Waals surface area contributed by atoms with Gasteiger partial charge in [0.25, 0.3) is 0 Å². The summed E-state index contributed by atoms with van der Waals surface area (Å²) in [5, 5.41) is 6.00. The number of halogens is 1. The summed E-state index contributed by atoms with van der Waals surface area (Å²) in [4.78, 5) is 11.1. The van der Waals surface area contributed by atoms with Gasteiger partial charge in [-0.15, -0.1) is 12.4 Å². The van der Waals surface area contributed by atoms with Gasteiger partial charge >= 0.3 is 0 Å². The summed E-state index contributed by atoms with van der Waals surface area (Å²) in [5.41, 5.74) is 0. The van der Waals surface area contributed by atoms with Crippen molar-refractivity contribution >= 4 is 30.1 Å². The van der Waals surface area contributed by atoms with Crippen molar-refractivity contribution in [2.75, 3.05) is 31.1 Å². The molecule has 0 heterocycles. The first-order valence-corrected chi connectivity index (χ1v) is 6.01. The van der Waals surface area contributed by atoms with E-state index in [4.69, 9.17) is 0 Å². The molecule has 3 nitrogen and oxygen atoms in total. The largest absolute Gasteiger partial charge is 0.354 e. The number of thioether (sulfide) groups is 1. The second kappa shape index (κ2) is 13.1. The van der Waals surface area contributed by atoms with Crippen LogP contribution in [0.1, 0.15) is 20.3 Å². The van der Waals surface area contributed by atoms with E-state index in [0.717, 1.165) is 31.8 Å². The lowest BCUT2D eigenvalue weighted by molar-refractivity contribution is -0.118. The first-order chi connectivity index (χ1) is 6.31. The molecule has 0 unspecified atom stereocenters. The number of carbonyl (C=O) groups is 1. The molecule has 2 N–H and O–H groups in total. The second-order valence-electron chi connectivity index (χ2n) is 2.76. The highest BCUT2D eigenvalue weighted by molar-refractivity contribution is 7.99. The quantitative estimate of drug-likeness (QED) is 0.628. The van der Waals surface area contributed by atoms with Crippen molar-refractivity contribution in [2.24, 2.45) is 0 Å². The van der Waals surface area contributed by atoms with Crippen molar-refractivity contribution in [3.63, 3.8) is 0 Å². The number of likely N-dealkylation sites (N-methyl/N-ethyl adjacent to an activating group) is 1. The predicted octanol–water partition coefficient (Wildman–Crippen LogP) is 1.28. The first-order valence-electron chi connectivity index (χ1n) is 4.86. The van der Waals surface area contributed by atoms with Crippen LogP contribution in [-0.4, -0.2) is 37.0 Å². The fourth-order valence-electron chi connectivity index (χ4n) is 0.827. The molecule has 0 aliphatic carbocycles. The SMILES string of the molecule is CCCSCC(=O)NCCNCC.Cl. The summed E-state index contributed by atoms with van der Waals surface area (Å²) in [7, 11) is 0. The smallest absolute Gasteiger partial charge is 0.230 e. The van der Waals surface area contributed by atoms with Crippen LogP contribution in [0.2, 0.25) is 0 Å². The third-order valence-electron chi connectivity index (χ3n) is 1.46. The van der Waals surface area contributed by atoms with E-state index in [1.54, 1.807) is 11.8 Å². The monoisotopic (exact) mass is 240 g/mol. The summed E-state index contributed by atoms with van der Waals surface area (Å²) in [6.07, 6.45) is 1.13. The van der Waals surface area contributed by atoms with Gasteiger partial charge in [0.1, 0.15) is 0 Å². The Morgan fingerprint density at radius 2 is 2.00 bits per heavy atom. The van der Waals surface area contributed by atoms with Gasteiger partial charge in [0, 0.05) is 13.1 Å². The first kappa shape index (κ1) is 16.5. The highest BCUT2D eigenvalue weighted by Crippen LogP contribution is 2.00. The summed E-state index contributed by atoms with van der Waals surface area (Å²) < 4.78 is 0. The van der Waals surface area contributed by atoms with Gasteiger partial charge in [0.15, 0.2) is 0 Å². The fourth-order valence-corrected chi connectivity index (χ4v) is 1.55. The van der Waals surface area contributed by atoms with Crippen molar-refractivity contribution < 1.29 is 4.79 Å². The Hall–Kier alpha value is 0.0700. The zero-order chi connectivity index (χ0) is 9.94. The third-order valence-corrected chi connectivity index (χ3v) is 2.62. The molecule has 0 saturated heterocycles. The van der Waals surface area contributed by atoms with Gasteiger partial charge in [-0.25, -0.2) is 0 Å². The number of carbonyl (C=O) groups excluding carboxylic acids is 1. The molecular formula is C9H21ClN2OS. The molecule has 0 bridgehead atoms. The van der Waals surface area contributed by atoms with E-state index in [-0.39, 0.29) is 18.3 Å². The second-order valence-corrected chi connectivity index (χ2v) is 3.86. The van der Waals surface area contributed by atoms with Crippen LogP contribution in [0.15, 0.2) is 0 Å². The Bertz CT molecular complexity index is 136. The average Bonchev–Trinajstić information content (AvgIpc) is 2.13. The molecule has 86 valence electrons. The number of hydrogen-bond donors (Lipinski definition) is 2. The van der Waals surface area contributed by atoms with Crippen LogP contribution in [0.25, 0.3) is 0 Å². The molecule has 0 aromatic heterocycles. The molecule has 1 amide bonds. The Morgan fingerprint density at radius 3 is 2.57 bits per heavy atom. The fraction of sp³-hybridized carbons (Fsp3) is 0.889. The minimum Gasteiger partial charge on any atom is -0.354 e. The molecule has 0 fully saturated rings. The normalized spacial score (nSPS) is 9.29. The van der Waals surface area contributed by atoms with Crippen molar-refractivity contribution in [1.82, 2.24) is 10.6 Å². The molecule has 0 spiro atoms. The summed E-state index contributed by atoms with van der Waals surface area (Å²) >= 11 is 1.69. The van der Waals surface area contributed by atoms with E-state index in [1.807, 2.05) is 0 Å². The van der Waals surface area contributed by atoms with E-state index in [9.17, 15) is 4.79 Å². The zero-order valence-corrected chi connectivity index (χ0v) is 10.6. The van der Waals surface area contributed by atoms with Gasteiger partial charge < -0.3 is 10.6 Å². The standard InChI is InChI=1S/C9H20N2OS.ClH/c1-3-7-13-8-9(12)11-6-5-10-4-2;/h10H,3-8H2,1-2H3,(H,11,12);1H. The molecule has 0 aromatic rings. The van der Waals surface area contributed by atoms with Crippen LogP contribution in [0, 0.1) is 0 Å². The predicted molar refractivity (Wildman–Crippen MR) is 66.4 cm³/mol. The molecule has 5 heteroatoms. The Morgan fingerprint density at radius 1 is 1.29 bits per heavy atom. The highest BCUT2D eigenvalue weighted by atomic mass is 35.5. The molecule has 0 aliphatic heterocycles. The van der Waals surface area contributed by atoms with E-state index in [0.29, 0.717) is 5.75 Å². The van der Waals surface area contributed by atoms with Crippen LogP contribution >= 0.6 is 24.2 Å². The molecule has 0 rings (SSSR count). The van der Waals surface area contributed by atoms with E-state index >= 15 is 0 Å². The van der Waals surface area contributed by atoms with Gasteiger partial charge in [0.05, 0.1) is 5.75 Å². The zero-order valence-electron chi connectivity index (χ0n) is 8.97. The maximum atomic E-state index is 11.1. The highest BCUT2D eigenvalue weighted by Gasteiger charge is 1.98. The minimum atomic E-state index is 0. The topological polar surface area (TPSA) is 41.1 Å². The van der Waals surface area contributed by atoms with Crippen molar-refractivity contribution in [3.05, 3.63) is 0 Å². The van der Waals surface area contributed by atoms with Gasteiger partial charge in [0.2, 0.25) is 5.91 Å².